The highest BCUT2D eigenvalue weighted by atomic mass is 16.7. The molecule has 116 valence electrons. The topological polar surface area (TPSA) is 60.7 Å². The fourth-order valence-corrected chi connectivity index (χ4v) is 0.335. The fraction of sp³-hybridized carbons (Fsp3) is 0.500. The second-order valence-corrected chi connectivity index (χ2v) is 3.16. The van der Waals surface area contributed by atoms with Gasteiger partial charge in [0.1, 0.15) is 0 Å². The van der Waals surface area contributed by atoms with Gasteiger partial charge in [0, 0.05) is 6.42 Å². The average molecular weight is 274 g/mol. The van der Waals surface area contributed by atoms with Crippen molar-refractivity contribution in [2.45, 2.75) is 53.4 Å². The summed E-state index contributed by atoms with van der Waals surface area (Å²) in [4.78, 5) is 0. The summed E-state index contributed by atoms with van der Waals surface area (Å²) < 4.78 is 0. The van der Waals surface area contributed by atoms with Gasteiger partial charge in [0.15, 0.2) is 0 Å². The highest BCUT2D eigenvalue weighted by Crippen LogP contribution is 2.01. The van der Waals surface area contributed by atoms with Crippen LogP contribution in [0.5, 0.6) is 0 Å². The van der Waals surface area contributed by atoms with Gasteiger partial charge in [0.2, 0.25) is 0 Å². The summed E-state index contributed by atoms with van der Waals surface area (Å²) in [6, 6.07) is 0. The average Bonchev–Trinajstić information content (AvgIpc) is 2.20. The lowest BCUT2D eigenvalue weighted by Crippen LogP contribution is -2.26. The van der Waals surface area contributed by atoms with Gasteiger partial charge in [-0.15, -0.1) is 26.3 Å². The van der Waals surface area contributed by atoms with Gasteiger partial charge in [-0.05, 0) is 34.1 Å². The Morgan fingerprint density at radius 2 is 0.895 bits per heavy atom. The molecule has 0 radical (unpaired) electrons. The number of hydrogen-bond acceptors (Lipinski definition) is 3. The highest BCUT2D eigenvalue weighted by molar-refractivity contribution is 4.52. The van der Waals surface area contributed by atoms with Gasteiger partial charge >= 0.3 is 0 Å². The molecule has 0 fully saturated rings. The van der Waals surface area contributed by atoms with E-state index in [0.717, 1.165) is 0 Å². The minimum Gasteiger partial charge on any atom is -0.344 e. The maximum Gasteiger partial charge on any atom is 0.275 e. The molecule has 0 aromatic carbocycles. The molecule has 0 aromatic heterocycles. The Morgan fingerprint density at radius 1 is 0.737 bits per heavy atom. The van der Waals surface area contributed by atoms with Crippen molar-refractivity contribution in [3.8, 4) is 0 Å². The zero-order valence-corrected chi connectivity index (χ0v) is 13.4. The van der Waals surface area contributed by atoms with Gasteiger partial charge in [0.25, 0.3) is 5.97 Å². The molecule has 19 heavy (non-hydrogen) atoms. The molecule has 3 heteroatoms. The van der Waals surface area contributed by atoms with E-state index in [9.17, 15) is 0 Å². The lowest BCUT2D eigenvalue weighted by molar-refractivity contribution is -0.314. The van der Waals surface area contributed by atoms with Crippen LogP contribution in [0.3, 0.4) is 0 Å². The van der Waals surface area contributed by atoms with Crippen molar-refractivity contribution >= 4 is 0 Å². The number of allylic oxidation sites excluding steroid dienone is 4. The molecule has 0 aliphatic heterocycles. The number of hydrogen-bond donors (Lipinski definition) is 3. The first-order valence-electron chi connectivity index (χ1n) is 6.17. The summed E-state index contributed by atoms with van der Waals surface area (Å²) in [5, 5.41) is 24.4. The summed E-state index contributed by atoms with van der Waals surface area (Å²) in [5.74, 6) is -2.45. The van der Waals surface area contributed by atoms with E-state index in [1.54, 1.807) is 31.2 Å². The third-order valence-electron chi connectivity index (χ3n) is 0.585. The van der Waals surface area contributed by atoms with Crippen molar-refractivity contribution in [1.82, 2.24) is 0 Å². The van der Waals surface area contributed by atoms with Crippen molar-refractivity contribution < 1.29 is 15.3 Å². The normalized spacial score (nSPS) is 7.16. The van der Waals surface area contributed by atoms with Crippen molar-refractivity contribution in [1.29, 1.82) is 0 Å². The molecule has 0 atom stereocenters. The van der Waals surface area contributed by atoms with Crippen molar-refractivity contribution in [3.63, 3.8) is 0 Å². The molecule has 0 spiro atoms. The van der Waals surface area contributed by atoms with Crippen molar-refractivity contribution in [3.05, 3.63) is 50.6 Å². The molecule has 0 bridgehead atoms. The smallest absolute Gasteiger partial charge is 0.275 e. The molecule has 3 N–H and O–H groups in total. The second kappa shape index (κ2) is 36.0. The van der Waals surface area contributed by atoms with Gasteiger partial charge in [-0.3, -0.25) is 0 Å². The molecule has 0 amide bonds. The Kier molecular flexibility index (Phi) is 58.1. The van der Waals surface area contributed by atoms with Crippen LogP contribution in [0, 0.1) is 0 Å². The SMILES string of the molecule is C=CC.C=CC.C=CC.C=CC.CCCC(O)(O)O. The lowest BCUT2D eigenvalue weighted by Gasteiger charge is -2.10. The third kappa shape index (κ3) is 460. The highest BCUT2D eigenvalue weighted by Gasteiger charge is 2.14. The maximum absolute atomic E-state index is 8.13. The van der Waals surface area contributed by atoms with E-state index in [1.165, 1.54) is 0 Å². The van der Waals surface area contributed by atoms with E-state index in [2.05, 4.69) is 26.3 Å². The minimum absolute atomic E-state index is 0.00694. The van der Waals surface area contributed by atoms with Crippen LogP contribution in [-0.2, 0) is 0 Å². The van der Waals surface area contributed by atoms with Crippen LogP contribution in [-0.4, -0.2) is 21.3 Å². The Balaban J connectivity index is -0.0000000467. The van der Waals surface area contributed by atoms with Crippen LogP contribution >= 0.6 is 0 Å². The predicted molar refractivity (Wildman–Crippen MR) is 87.8 cm³/mol. The summed E-state index contributed by atoms with van der Waals surface area (Å²) in [7, 11) is 0. The van der Waals surface area contributed by atoms with Crippen LogP contribution in [0.15, 0.2) is 50.6 Å². The van der Waals surface area contributed by atoms with Crippen LogP contribution in [0.1, 0.15) is 47.5 Å². The summed E-state index contributed by atoms with van der Waals surface area (Å²) in [5.41, 5.74) is 0. The molecule has 0 saturated carbocycles. The Labute approximate surface area is 120 Å². The van der Waals surface area contributed by atoms with Gasteiger partial charge < -0.3 is 15.3 Å². The molecule has 0 aliphatic carbocycles. The molecule has 0 aromatic rings. The molecule has 3 nitrogen and oxygen atoms in total. The van der Waals surface area contributed by atoms with Gasteiger partial charge in [-0.1, -0.05) is 31.2 Å². The van der Waals surface area contributed by atoms with Crippen LogP contribution in [0.4, 0.5) is 0 Å². The van der Waals surface area contributed by atoms with Crippen molar-refractivity contribution in [2.24, 2.45) is 0 Å². The third-order valence-corrected chi connectivity index (χ3v) is 0.585. The number of rotatable bonds is 2. The van der Waals surface area contributed by atoms with Gasteiger partial charge in [0.05, 0.1) is 0 Å². The number of aliphatic hydroxyl groups is 3. The molecule has 0 aliphatic rings. The van der Waals surface area contributed by atoms with Crippen molar-refractivity contribution in [2.75, 3.05) is 0 Å². The zero-order chi connectivity index (χ0) is 16.7. The van der Waals surface area contributed by atoms with E-state index in [4.69, 9.17) is 15.3 Å². The van der Waals surface area contributed by atoms with E-state index < -0.39 is 5.97 Å². The summed E-state index contributed by atoms with van der Waals surface area (Å²) in [6.45, 7) is 22.7. The Hall–Kier alpha value is -1.16. The van der Waals surface area contributed by atoms with Crippen LogP contribution in [0.2, 0.25) is 0 Å². The molecule has 0 heterocycles. The molecule has 0 unspecified atom stereocenters. The first-order chi connectivity index (χ1) is 8.72. The minimum atomic E-state index is -2.45. The van der Waals surface area contributed by atoms with E-state index in [0.29, 0.717) is 6.42 Å². The summed E-state index contributed by atoms with van der Waals surface area (Å²) >= 11 is 0. The van der Waals surface area contributed by atoms with E-state index >= 15 is 0 Å². The molecular formula is C16H34O3. The quantitative estimate of drug-likeness (QED) is 0.523. The van der Waals surface area contributed by atoms with E-state index in [1.807, 2.05) is 27.7 Å². The molecule has 0 saturated heterocycles. The monoisotopic (exact) mass is 274 g/mol. The van der Waals surface area contributed by atoms with Crippen LogP contribution in [0.25, 0.3) is 0 Å². The maximum atomic E-state index is 8.13. The van der Waals surface area contributed by atoms with Crippen LogP contribution < -0.4 is 0 Å². The lowest BCUT2D eigenvalue weighted by atomic mass is 10.3. The Morgan fingerprint density at radius 3 is 0.895 bits per heavy atom. The van der Waals surface area contributed by atoms with Gasteiger partial charge in [-0.25, -0.2) is 0 Å². The Bertz CT molecular complexity index is 143. The first-order valence-corrected chi connectivity index (χ1v) is 6.17. The molecule has 0 rings (SSSR count). The van der Waals surface area contributed by atoms with E-state index in [-0.39, 0.29) is 6.42 Å². The zero-order valence-electron chi connectivity index (χ0n) is 13.4. The standard InChI is InChI=1S/C4H10O3.4C3H6/c1-2-3-4(5,6)7;4*1-3-2/h5-7H,2-3H2,1H3;4*3H,1H2,2H3. The van der Waals surface area contributed by atoms with Gasteiger partial charge in [-0.2, -0.15) is 0 Å². The second-order valence-electron chi connectivity index (χ2n) is 3.16. The fourth-order valence-electron chi connectivity index (χ4n) is 0.335. The largest absolute Gasteiger partial charge is 0.344 e. The summed E-state index contributed by atoms with van der Waals surface area (Å²) in [6.07, 6.45) is 7.57. The first kappa shape index (κ1) is 30.7. The molecular weight excluding hydrogens is 240 g/mol. The predicted octanol–water partition coefficient (Wildman–Crippen LogP) is 4.19.